The molecule has 2 aromatic rings. The Kier molecular flexibility index (Phi) is 4.81. The van der Waals surface area contributed by atoms with E-state index in [0.717, 1.165) is 17.0 Å². The van der Waals surface area contributed by atoms with Gasteiger partial charge in [0.05, 0.1) is 16.8 Å². The zero-order chi connectivity index (χ0) is 13.7. The first-order valence-corrected chi connectivity index (χ1v) is 7.90. The van der Waals surface area contributed by atoms with Gasteiger partial charge in [-0.05, 0) is 18.4 Å². The highest BCUT2D eigenvalue weighted by Gasteiger charge is 2.14. The van der Waals surface area contributed by atoms with Crippen molar-refractivity contribution in [3.05, 3.63) is 40.3 Å². The number of nitrogens with one attached hydrogen (secondary N) is 1. The van der Waals surface area contributed by atoms with E-state index in [1.807, 2.05) is 23.8 Å². The average molecular weight is 294 g/mol. The highest BCUT2D eigenvalue weighted by atomic mass is 32.2. The van der Waals surface area contributed by atoms with E-state index < -0.39 is 5.97 Å². The molecule has 0 bridgehead atoms. The second-order valence-electron chi connectivity index (χ2n) is 3.84. The second kappa shape index (κ2) is 6.58. The Labute approximate surface area is 119 Å². The molecule has 2 N–H and O–H groups in total. The molecule has 0 atom stereocenters. The lowest BCUT2D eigenvalue weighted by atomic mass is 10.1. The van der Waals surface area contributed by atoms with E-state index in [4.69, 9.17) is 0 Å². The van der Waals surface area contributed by atoms with Gasteiger partial charge in [-0.2, -0.15) is 0 Å². The van der Waals surface area contributed by atoms with Gasteiger partial charge in [-0.1, -0.05) is 6.07 Å². The zero-order valence-electron chi connectivity index (χ0n) is 10.4. The number of aromatic nitrogens is 1. The molecule has 0 saturated carbocycles. The van der Waals surface area contributed by atoms with Crippen molar-refractivity contribution in [1.29, 1.82) is 0 Å². The van der Waals surface area contributed by atoms with Crippen LogP contribution in [0.1, 0.15) is 16.1 Å². The maximum absolute atomic E-state index is 11.3. The number of anilines is 1. The number of carbonyl (C=O) groups is 1. The number of hydrogen-bond acceptors (Lipinski definition) is 5. The minimum Gasteiger partial charge on any atom is -0.478 e. The van der Waals surface area contributed by atoms with E-state index in [-0.39, 0.29) is 0 Å². The third kappa shape index (κ3) is 3.48. The smallest absolute Gasteiger partial charge is 0.338 e. The van der Waals surface area contributed by atoms with Crippen molar-refractivity contribution in [3.8, 4) is 0 Å². The predicted octanol–water partition coefficient (Wildman–Crippen LogP) is 3.22. The summed E-state index contributed by atoms with van der Waals surface area (Å²) in [6.07, 6.45) is 2.66. The Morgan fingerprint density at radius 2 is 2.37 bits per heavy atom. The van der Waals surface area contributed by atoms with Gasteiger partial charge >= 0.3 is 5.97 Å². The Morgan fingerprint density at radius 1 is 1.53 bits per heavy atom. The molecule has 19 heavy (non-hydrogen) atoms. The van der Waals surface area contributed by atoms with Crippen molar-refractivity contribution >= 4 is 34.8 Å². The molecule has 0 saturated heterocycles. The molecule has 0 radical (unpaired) electrons. The molecule has 0 unspecified atom stereocenters. The van der Waals surface area contributed by atoms with Crippen molar-refractivity contribution in [2.45, 2.75) is 11.3 Å². The van der Waals surface area contributed by atoms with Gasteiger partial charge in [-0.25, -0.2) is 9.78 Å². The SMILES string of the molecule is CSc1cccc(NCCc2cscn2)c1C(=O)O. The summed E-state index contributed by atoms with van der Waals surface area (Å²) in [6.45, 7) is 0.668. The van der Waals surface area contributed by atoms with Crippen LogP contribution in [0.3, 0.4) is 0 Å². The summed E-state index contributed by atoms with van der Waals surface area (Å²) >= 11 is 3.00. The highest BCUT2D eigenvalue weighted by Crippen LogP contribution is 2.27. The molecule has 100 valence electrons. The van der Waals surface area contributed by atoms with Crippen LogP contribution in [0.15, 0.2) is 34.0 Å². The molecule has 2 rings (SSSR count). The summed E-state index contributed by atoms with van der Waals surface area (Å²) in [4.78, 5) is 16.3. The number of thiazole rings is 1. The molecule has 0 aliphatic carbocycles. The minimum absolute atomic E-state index is 0.341. The van der Waals surface area contributed by atoms with Crippen molar-refractivity contribution in [1.82, 2.24) is 4.98 Å². The lowest BCUT2D eigenvalue weighted by molar-refractivity contribution is 0.0694. The van der Waals surface area contributed by atoms with Gasteiger partial charge in [0.2, 0.25) is 0 Å². The van der Waals surface area contributed by atoms with Crippen LogP contribution < -0.4 is 5.32 Å². The van der Waals surface area contributed by atoms with Crippen molar-refractivity contribution < 1.29 is 9.90 Å². The van der Waals surface area contributed by atoms with Crippen LogP contribution in [0.4, 0.5) is 5.69 Å². The maximum atomic E-state index is 11.3. The van der Waals surface area contributed by atoms with E-state index in [2.05, 4.69) is 10.3 Å². The number of hydrogen-bond donors (Lipinski definition) is 2. The number of thioether (sulfide) groups is 1. The summed E-state index contributed by atoms with van der Waals surface area (Å²) in [6, 6.07) is 5.48. The molecule has 1 aromatic carbocycles. The molecule has 4 nitrogen and oxygen atoms in total. The third-order valence-corrected chi connectivity index (χ3v) is 4.06. The topological polar surface area (TPSA) is 62.2 Å². The Balaban J connectivity index is 2.09. The highest BCUT2D eigenvalue weighted by molar-refractivity contribution is 7.98. The molecular formula is C13H14N2O2S2. The first-order chi connectivity index (χ1) is 9.22. The van der Waals surface area contributed by atoms with E-state index in [1.165, 1.54) is 11.8 Å². The fourth-order valence-electron chi connectivity index (χ4n) is 1.76. The molecule has 6 heteroatoms. The number of carboxylic acid groups (broad SMARTS) is 1. The van der Waals surface area contributed by atoms with Crippen LogP contribution in [0.5, 0.6) is 0 Å². The molecule has 1 heterocycles. The van der Waals surface area contributed by atoms with Crippen LogP contribution in [0, 0.1) is 0 Å². The van der Waals surface area contributed by atoms with Crippen molar-refractivity contribution in [3.63, 3.8) is 0 Å². The standard InChI is InChI=1S/C13H14N2O2S2/c1-18-11-4-2-3-10(12(11)13(16)17)14-6-5-9-7-19-8-15-9/h2-4,7-8,14H,5-6H2,1H3,(H,16,17). The summed E-state index contributed by atoms with van der Waals surface area (Å²) in [7, 11) is 0. The second-order valence-corrected chi connectivity index (χ2v) is 5.41. The molecule has 0 aliphatic rings. The number of benzene rings is 1. The number of rotatable bonds is 6. The van der Waals surface area contributed by atoms with Crippen LogP contribution in [-0.4, -0.2) is 28.9 Å². The van der Waals surface area contributed by atoms with Crippen LogP contribution in [0.2, 0.25) is 0 Å². The van der Waals surface area contributed by atoms with Gasteiger partial charge in [-0.15, -0.1) is 23.1 Å². The third-order valence-electron chi connectivity index (χ3n) is 2.64. The number of nitrogens with zero attached hydrogens (tertiary/aromatic N) is 1. The minimum atomic E-state index is -0.902. The monoisotopic (exact) mass is 294 g/mol. The fraction of sp³-hybridized carbons (Fsp3) is 0.231. The van der Waals surface area contributed by atoms with E-state index in [9.17, 15) is 9.90 Å². The van der Waals surface area contributed by atoms with Crippen LogP contribution in [0.25, 0.3) is 0 Å². The van der Waals surface area contributed by atoms with Crippen molar-refractivity contribution in [2.24, 2.45) is 0 Å². The first-order valence-electron chi connectivity index (χ1n) is 5.73. The largest absolute Gasteiger partial charge is 0.478 e. The van der Waals surface area contributed by atoms with Gasteiger partial charge in [-0.3, -0.25) is 0 Å². The Morgan fingerprint density at radius 3 is 3.00 bits per heavy atom. The van der Waals surface area contributed by atoms with E-state index in [0.29, 0.717) is 17.8 Å². The van der Waals surface area contributed by atoms with Crippen LogP contribution >= 0.6 is 23.1 Å². The van der Waals surface area contributed by atoms with E-state index in [1.54, 1.807) is 22.9 Å². The van der Waals surface area contributed by atoms with Gasteiger partial charge < -0.3 is 10.4 Å². The average Bonchev–Trinajstić information content (AvgIpc) is 2.91. The summed E-state index contributed by atoms with van der Waals surface area (Å²) in [5.74, 6) is -0.902. The number of aromatic carboxylic acids is 1. The molecule has 1 aromatic heterocycles. The van der Waals surface area contributed by atoms with Gasteiger partial charge in [0.1, 0.15) is 0 Å². The van der Waals surface area contributed by atoms with Gasteiger partial charge in [0, 0.05) is 28.9 Å². The molecule has 0 aliphatic heterocycles. The van der Waals surface area contributed by atoms with Gasteiger partial charge in [0.15, 0.2) is 0 Å². The zero-order valence-corrected chi connectivity index (χ0v) is 12.1. The molecule has 0 spiro atoms. The maximum Gasteiger partial charge on any atom is 0.338 e. The summed E-state index contributed by atoms with van der Waals surface area (Å²) in [5, 5.41) is 14.5. The molecule has 0 amide bonds. The number of carboxylic acids is 1. The van der Waals surface area contributed by atoms with Gasteiger partial charge in [0.25, 0.3) is 0 Å². The normalized spacial score (nSPS) is 10.4. The lowest BCUT2D eigenvalue weighted by Crippen LogP contribution is -2.10. The predicted molar refractivity (Wildman–Crippen MR) is 79.5 cm³/mol. The first kappa shape index (κ1) is 13.9. The summed E-state index contributed by atoms with van der Waals surface area (Å²) < 4.78 is 0. The molecule has 0 fully saturated rings. The Hall–Kier alpha value is -1.53. The quantitative estimate of drug-likeness (QED) is 0.801. The molecular weight excluding hydrogens is 280 g/mol. The lowest BCUT2D eigenvalue weighted by Gasteiger charge is -2.11. The van der Waals surface area contributed by atoms with Crippen LogP contribution in [-0.2, 0) is 6.42 Å². The summed E-state index contributed by atoms with van der Waals surface area (Å²) in [5.41, 5.74) is 3.82. The van der Waals surface area contributed by atoms with Crippen molar-refractivity contribution in [2.75, 3.05) is 18.1 Å². The van der Waals surface area contributed by atoms with E-state index >= 15 is 0 Å². The Bertz CT molecular complexity index is 556. The fourth-order valence-corrected chi connectivity index (χ4v) is 2.96.